The van der Waals surface area contributed by atoms with Gasteiger partial charge < -0.3 is 9.84 Å². The number of aliphatic carboxylic acids is 1. The van der Waals surface area contributed by atoms with E-state index >= 15 is 0 Å². The Morgan fingerprint density at radius 3 is 2.76 bits per heavy atom. The number of hydrogen-bond donors (Lipinski definition) is 1. The molecule has 110 valence electrons. The molecule has 2 rings (SSSR count). The summed E-state index contributed by atoms with van der Waals surface area (Å²) in [7, 11) is 0. The quantitative estimate of drug-likeness (QED) is 0.885. The van der Waals surface area contributed by atoms with Gasteiger partial charge in [-0.3, -0.25) is 9.78 Å². The Hall–Kier alpha value is -2.36. The van der Waals surface area contributed by atoms with Crippen LogP contribution in [0.2, 0.25) is 0 Å². The third-order valence-electron chi connectivity index (χ3n) is 3.39. The van der Waals surface area contributed by atoms with Gasteiger partial charge in [-0.15, -0.1) is 0 Å². The summed E-state index contributed by atoms with van der Waals surface area (Å²) in [4.78, 5) is 15.7. The van der Waals surface area contributed by atoms with Gasteiger partial charge in [-0.2, -0.15) is 0 Å². The van der Waals surface area contributed by atoms with Gasteiger partial charge in [0.15, 0.2) is 0 Å². The van der Waals surface area contributed by atoms with Crippen molar-refractivity contribution in [3.8, 4) is 5.75 Å². The van der Waals surface area contributed by atoms with Crippen LogP contribution in [0.1, 0.15) is 29.5 Å². The van der Waals surface area contributed by atoms with Crippen LogP contribution in [0.3, 0.4) is 0 Å². The number of nitrogens with zero attached hydrogens (tertiary/aromatic N) is 1. The van der Waals surface area contributed by atoms with E-state index in [2.05, 4.69) is 4.98 Å². The first kappa shape index (κ1) is 15.0. The predicted molar refractivity (Wildman–Crippen MR) is 80.7 cm³/mol. The second kappa shape index (κ2) is 6.88. The molecule has 1 heterocycles. The second-order valence-electron chi connectivity index (χ2n) is 4.91. The lowest BCUT2D eigenvalue weighted by atomic mass is 9.89. The Morgan fingerprint density at radius 1 is 1.38 bits per heavy atom. The summed E-state index contributed by atoms with van der Waals surface area (Å²) in [5.41, 5.74) is 2.66. The highest BCUT2D eigenvalue weighted by Gasteiger charge is 2.22. The molecule has 21 heavy (non-hydrogen) atoms. The van der Waals surface area contributed by atoms with Gasteiger partial charge in [0.25, 0.3) is 0 Å². The van der Waals surface area contributed by atoms with E-state index in [1.54, 1.807) is 12.4 Å². The number of carboxylic acid groups (broad SMARTS) is 1. The van der Waals surface area contributed by atoms with Crippen LogP contribution in [0.5, 0.6) is 5.75 Å². The van der Waals surface area contributed by atoms with E-state index in [9.17, 15) is 9.90 Å². The van der Waals surface area contributed by atoms with Crippen molar-refractivity contribution >= 4 is 5.97 Å². The molecular formula is C17H19NO3. The van der Waals surface area contributed by atoms with Gasteiger partial charge in [0.05, 0.1) is 12.5 Å². The van der Waals surface area contributed by atoms with Gasteiger partial charge in [0.2, 0.25) is 0 Å². The van der Waals surface area contributed by atoms with Crippen molar-refractivity contribution in [1.82, 2.24) is 4.98 Å². The largest absolute Gasteiger partial charge is 0.494 e. The predicted octanol–water partition coefficient (Wildman–Crippen LogP) is 3.20. The van der Waals surface area contributed by atoms with Crippen LogP contribution < -0.4 is 4.74 Å². The fourth-order valence-corrected chi connectivity index (χ4v) is 2.38. The van der Waals surface area contributed by atoms with E-state index < -0.39 is 11.9 Å². The van der Waals surface area contributed by atoms with E-state index in [0.717, 1.165) is 22.4 Å². The molecule has 1 aromatic carbocycles. The monoisotopic (exact) mass is 285 g/mol. The number of carboxylic acids is 1. The SMILES string of the molecule is CCOc1ccc(C(Cc2cccnc2)C(=O)O)c(C)c1. The summed E-state index contributed by atoms with van der Waals surface area (Å²) in [6, 6.07) is 9.27. The van der Waals surface area contributed by atoms with Crippen LogP contribution in [0.15, 0.2) is 42.7 Å². The topological polar surface area (TPSA) is 59.4 Å². The van der Waals surface area contributed by atoms with E-state index in [1.807, 2.05) is 44.2 Å². The minimum Gasteiger partial charge on any atom is -0.494 e. The third kappa shape index (κ3) is 3.81. The van der Waals surface area contributed by atoms with Gasteiger partial charge in [-0.05, 0) is 55.2 Å². The molecule has 1 aromatic heterocycles. The van der Waals surface area contributed by atoms with Crippen molar-refractivity contribution < 1.29 is 14.6 Å². The Morgan fingerprint density at radius 2 is 2.19 bits per heavy atom. The molecule has 0 saturated heterocycles. The fraction of sp³-hybridized carbons (Fsp3) is 0.294. The molecular weight excluding hydrogens is 266 g/mol. The molecule has 0 bridgehead atoms. The van der Waals surface area contributed by atoms with Gasteiger partial charge in [0.1, 0.15) is 5.75 Å². The van der Waals surface area contributed by atoms with Crippen molar-refractivity contribution in [2.45, 2.75) is 26.2 Å². The number of carbonyl (C=O) groups is 1. The minimum atomic E-state index is -0.828. The molecule has 4 heteroatoms. The molecule has 0 aliphatic carbocycles. The third-order valence-corrected chi connectivity index (χ3v) is 3.39. The zero-order chi connectivity index (χ0) is 15.2. The summed E-state index contributed by atoms with van der Waals surface area (Å²) in [5, 5.41) is 9.53. The first-order valence-corrected chi connectivity index (χ1v) is 6.97. The van der Waals surface area contributed by atoms with E-state index in [0.29, 0.717) is 13.0 Å². The lowest BCUT2D eigenvalue weighted by Crippen LogP contribution is -2.15. The normalized spacial score (nSPS) is 11.9. The number of ether oxygens (including phenoxy) is 1. The summed E-state index contributed by atoms with van der Waals surface area (Å²) >= 11 is 0. The molecule has 0 aliphatic heterocycles. The fourth-order valence-electron chi connectivity index (χ4n) is 2.38. The van der Waals surface area contributed by atoms with Gasteiger partial charge in [-0.1, -0.05) is 12.1 Å². The maximum Gasteiger partial charge on any atom is 0.311 e. The van der Waals surface area contributed by atoms with E-state index in [4.69, 9.17) is 4.74 Å². The summed E-state index contributed by atoms with van der Waals surface area (Å²) in [5.74, 6) is -0.639. The molecule has 0 saturated carbocycles. The standard InChI is InChI=1S/C17H19NO3/c1-3-21-14-6-7-15(12(2)9-14)16(17(19)20)10-13-5-4-8-18-11-13/h4-9,11,16H,3,10H2,1-2H3,(H,19,20). The second-order valence-corrected chi connectivity index (χ2v) is 4.91. The van der Waals surface area contributed by atoms with Crippen LogP contribution in [0.4, 0.5) is 0 Å². The summed E-state index contributed by atoms with van der Waals surface area (Å²) in [6.07, 6.45) is 3.82. The van der Waals surface area contributed by atoms with Crippen LogP contribution >= 0.6 is 0 Å². The molecule has 1 unspecified atom stereocenters. The Bertz CT molecular complexity index is 611. The van der Waals surface area contributed by atoms with Crippen LogP contribution in [0, 0.1) is 6.92 Å². The lowest BCUT2D eigenvalue weighted by molar-refractivity contribution is -0.138. The molecule has 1 atom stereocenters. The Balaban J connectivity index is 2.28. The van der Waals surface area contributed by atoms with Gasteiger partial charge in [-0.25, -0.2) is 0 Å². The average Bonchev–Trinajstić information content (AvgIpc) is 2.47. The maximum atomic E-state index is 11.6. The number of rotatable bonds is 6. The zero-order valence-corrected chi connectivity index (χ0v) is 12.2. The molecule has 0 spiro atoms. The highest BCUT2D eigenvalue weighted by Crippen LogP contribution is 2.27. The highest BCUT2D eigenvalue weighted by atomic mass is 16.5. The lowest BCUT2D eigenvalue weighted by Gasteiger charge is -2.16. The summed E-state index contributed by atoms with van der Waals surface area (Å²) < 4.78 is 5.44. The number of benzene rings is 1. The number of pyridine rings is 1. The number of aromatic nitrogens is 1. The summed E-state index contributed by atoms with van der Waals surface area (Å²) in [6.45, 7) is 4.43. The van der Waals surface area contributed by atoms with Crippen LogP contribution in [-0.2, 0) is 11.2 Å². The van der Waals surface area contributed by atoms with E-state index in [-0.39, 0.29) is 0 Å². The molecule has 4 nitrogen and oxygen atoms in total. The minimum absolute atomic E-state index is 0.429. The molecule has 2 aromatic rings. The maximum absolute atomic E-state index is 11.6. The Kier molecular flexibility index (Phi) is 4.93. The number of aryl methyl sites for hydroxylation is 1. The van der Waals surface area contributed by atoms with Crippen LogP contribution in [-0.4, -0.2) is 22.7 Å². The molecule has 0 radical (unpaired) electrons. The van der Waals surface area contributed by atoms with Crippen molar-refractivity contribution in [1.29, 1.82) is 0 Å². The molecule has 1 N–H and O–H groups in total. The number of hydrogen-bond acceptors (Lipinski definition) is 3. The van der Waals surface area contributed by atoms with Crippen LogP contribution in [0.25, 0.3) is 0 Å². The first-order valence-electron chi connectivity index (χ1n) is 6.97. The molecule has 0 aliphatic rings. The average molecular weight is 285 g/mol. The Labute approximate surface area is 124 Å². The van der Waals surface area contributed by atoms with Crippen molar-refractivity contribution in [2.24, 2.45) is 0 Å². The molecule has 0 amide bonds. The van der Waals surface area contributed by atoms with Crippen molar-refractivity contribution in [3.63, 3.8) is 0 Å². The van der Waals surface area contributed by atoms with Gasteiger partial charge >= 0.3 is 5.97 Å². The smallest absolute Gasteiger partial charge is 0.311 e. The van der Waals surface area contributed by atoms with Crippen molar-refractivity contribution in [3.05, 3.63) is 59.4 Å². The first-order chi connectivity index (χ1) is 10.1. The van der Waals surface area contributed by atoms with Crippen molar-refractivity contribution in [2.75, 3.05) is 6.61 Å². The van der Waals surface area contributed by atoms with Gasteiger partial charge in [0, 0.05) is 12.4 Å². The molecule has 0 fully saturated rings. The van der Waals surface area contributed by atoms with E-state index in [1.165, 1.54) is 0 Å². The zero-order valence-electron chi connectivity index (χ0n) is 12.2. The highest BCUT2D eigenvalue weighted by molar-refractivity contribution is 5.77.